The molecule has 2 atom stereocenters. The molecular formula is C12H18ClNOS. The topological polar surface area (TPSA) is 29.1 Å². The number of nitrogens with one attached hydrogen (secondary N) is 1. The van der Waals surface area contributed by atoms with Gasteiger partial charge in [-0.2, -0.15) is 0 Å². The molecule has 90 valence electrons. The summed E-state index contributed by atoms with van der Waals surface area (Å²) in [5.41, 5.74) is 1.08. The molecule has 16 heavy (non-hydrogen) atoms. The number of rotatable bonds is 6. The van der Waals surface area contributed by atoms with E-state index in [1.165, 1.54) is 0 Å². The molecule has 2 nitrogen and oxygen atoms in total. The van der Waals surface area contributed by atoms with Crippen LogP contribution in [-0.4, -0.2) is 23.1 Å². The highest BCUT2D eigenvalue weighted by molar-refractivity contribution is 7.84. The maximum Gasteiger partial charge on any atom is 0.0485 e. The maximum atomic E-state index is 11.8. The van der Waals surface area contributed by atoms with E-state index in [4.69, 9.17) is 11.6 Å². The number of hydrogen-bond acceptors (Lipinski definition) is 2. The maximum absolute atomic E-state index is 11.8. The first kappa shape index (κ1) is 13.7. The summed E-state index contributed by atoms with van der Waals surface area (Å²) in [5.74, 6) is 1.36. The minimum absolute atomic E-state index is 0.425. The number of hydrogen-bond donors (Lipinski definition) is 1. The van der Waals surface area contributed by atoms with Crippen LogP contribution in [0.25, 0.3) is 0 Å². The van der Waals surface area contributed by atoms with Gasteiger partial charge in [-0.3, -0.25) is 4.21 Å². The third kappa shape index (κ3) is 5.10. The first-order chi connectivity index (χ1) is 7.61. The predicted octanol–water partition coefficient (Wildman–Crippen LogP) is 2.59. The summed E-state index contributed by atoms with van der Waals surface area (Å²) in [4.78, 5) is 0. The van der Waals surface area contributed by atoms with Crippen molar-refractivity contribution in [3.63, 3.8) is 0 Å². The SMILES string of the molecule is CNC(C)CCS(=O)Cc1ccc(Cl)cc1. The zero-order chi connectivity index (χ0) is 12.0. The van der Waals surface area contributed by atoms with E-state index in [9.17, 15) is 4.21 Å². The van der Waals surface area contributed by atoms with E-state index in [0.717, 1.165) is 22.8 Å². The molecule has 0 aromatic heterocycles. The predicted molar refractivity (Wildman–Crippen MR) is 71.3 cm³/mol. The molecule has 0 heterocycles. The van der Waals surface area contributed by atoms with Crippen LogP contribution < -0.4 is 5.32 Å². The van der Waals surface area contributed by atoms with Crippen molar-refractivity contribution in [2.24, 2.45) is 0 Å². The molecule has 0 amide bonds. The van der Waals surface area contributed by atoms with Gasteiger partial charge in [0.2, 0.25) is 0 Å². The normalized spacial score (nSPS) is 14.7. The molecule has 0 aliphatic carbocycles. The molecule has 0 saturated carbocycles. The Hall–Kier alpha value is -0.380. The molecule has 1 aromatic rings. The van der Waals surface area contributed by atoms with Gasteiger partial charge in [0.25, 0.3) is 0 Å². The van der Waals surface area contributed by atoms with Gasteiger partial charge in [0, 0.05) is 33.4 Å². The molecule has 4 heteroatoms. The lowest BCUT2D eigenvalue weighted by molar-refractivity contribution is 0.591. The molecule has 1 rings (SSSR count). The van der Waals surface area contributed by atoms with Gasteiger partial charge in [0.15, 0.2) is 0 Å². The summed E-state index contributed by atoms with van der Waals surface area (Å²) in [6.07, 6.45) is 0.941. The average Bonchev–Trinajstić information content (AvgIpc) is 2.29. The van der Waals surface area contributed by atoms with Crippen molar-refractivity contribution in [2.75, 3.05) is 12.8 Å². The van der Waals surface area contributed by atoms with Crippen LogP contribution in [0.2, 0.25) is 5.02 Å². The summed E-state index contributed by atoms with van der Waals surface area (Å²) in [6.45, 7) is 2.10. The molecule has 1 N–H and O–H groups in total. The van der Waals surface area contributed by atoms with E-state index < -0.39 is 10.8 Å². The smallest absolute Gasteiger partial charge is 0.0485 e. The van der Waals surface area contributed by atoms with Gasteiger partial charge in [-0.15, -0.1) is 0 Å². The summed E-state index contributed by atoms with van der Waals surface area (Å²) >= 11 is 5.79. The van der Waals surface area contributed by atoms with Crippen LogP contribution in [0.15, 0.2) is 24.3 Å². The fraction of sp³-hybridized carbons (Fsp3) is 0.500. The van der Waals surface area contributed by atoms with Crippen LogP contribution in [0, 0.1) is 0 Å². The summed E-state index contributed by atoms with van der Waals surface area (Å²) < 4.78 is 11.8. The van der Waals surface area contributed by atoms with E-state index in [1.54, 1.807) is 0 Å². The van der Waals surface area contributed by atoms with Crippen molar-refractivity contribution < 1.29 is 4.21 Å². The molecule has 1 aromatic carbocycles. The summed E-state index contributed by atoms with van der Waals surface area (Å²) in [6, 6.07) is 7.96. The van der Waals surface area contributed by atoms with Gasteiger partial charge in [-0.1, -0.05) is 23.7 Å². The highest BCUT2D eigenvalue weighted by Gasteiger charge is 2.04. The van der Waals surface area contributed by atoms with E-state index in [-0.39, 0.29) is 0 Å². The van der Waals surface area contributed by atoms with Crippen molar-refractivity contribution in [1.82, 2.24) is 5.32 Å². The van der Waals surface area contributed by atoms with Crippen molar-refractivity contribution in [3.05, 3.63) is 34.9 Å². The Morgan fingerprint density at radius 3 is 2.56 bits per heavy atom. The molecule has 0 radical (unpaired) electrons. The summed E-state index contributed by atoms with van der Waals surface area (Å²) in [5, 5.41) is 3.86. The van der Waals surface area contributed by atoms with Crippen LogP contribution in [0.1, 0.15) is 18.9 Å². The third-order valence-electron chi connectivity index (χ3n) is 2.51. The molecule has 0 bridgehead atoms. The van der Waals surface area contributed by atoms with Crippen molar-refractivity contribution in [3.8, 4) is 0 Å². The van der Waals surface area contributed by atoms with E-state index in [0.29, 0.717) is 11.8 Å². The van der Waals surface area contributed by atoms with E-state index >= 15 is 0 Å². The Morgan fingerprint density at radius 2 is 2.00 bits per heavy atom. The van der Waals surface area contributed by atoms with Gasteiger partial charge in [-0.25, -0.2) is 0 Å². The lowest BCUT2D eigenvalue weighted by atomic mass is 10.2. The Balaban J connectivity index is 2.37. The Morgan fingerprint density at radius 1 is 1.38 bits per heavy atom. The fourth-order valence-electron chi connectivity index (χ4n) is 1.29. The number of halogens is 1. The minimum Gasteiger partial charge on any atom is -0.317 e. The summed E-state index contributed by atoms with van der Waals surface area (Å²) in [7, 11) is 1.14. The highest BCUT2D eigenvalue weighted by Crippen LogP contribution is 2.11. The van der Waals surface area contributed by atoms with E-state index in [2.05, 4.69) is 12.2 Å². The van der Waals surface area contributed by atoms with Crippen LogP contribution in [-0.2, 0) is 16.6 Å². The molecule has 0 saturated heterocycles. The first-order valence-electron chi connectivity index (χ1n) is 5.38. The Bertz CT molecular complexity index is 339. The zero-order valence-corrected chi connectivity index (χ0v) is 11.3. The van der Waals surface area contributed by atoms with Gasteiger partial charge < -0.3 is 5.32 Å². The van der Waals surface area contributed by atoms with Crippen LogP contribution >= 0.6 is 11.6 Å². The van der Waals surface area contributed by atoms with Crippen LogP contribution in [0.3, 0.4) is 0 Å². The first-order valence-corrected chi connectivity index (χ1v) is 7.25. The minimum atomic E-state index is -0.783. The molecule has 0 aliphatic rings. The Labute approximate surface area is 105 Å². The monoisotopic (exact) mass is 259 g/mol. The van der Waals surface area contributed by atoms with Gasteiger partial charge >= 0.3 is 0 Å². The van der Waals surface area contributed by atoms with E-state index in [1.807, 2.05) is 31.3 Å². The zero-order valence-electron chi connectivity index (χ0n) is 9.70. The molecule has 0 fully saturated rings. The molecule has 0 aliphatic heterocycles. The van der Waals surface area contributed by atoms with Gasteiger partial charge in [0.1, 0.15) is 0 Å². The average molecular weight is 260 g/mol. The highest BCUT2D eigenvalue weighted by atomic mass is 35.5. The van der Waals surface area contributed by atoms with Gasteiger partial charge in [-0.05, 0) is 38.1 Å². The van der Waals surface area contributed by atoms with Crippen LogP contribution in [0.5, 0.6) is 0 Å². The second-order valence-corrected chi connectivity index (χ2v) is 5.91. The van der Waals surface area contributed by atoms with Crippen molar-refractivity contribution >= 4 is 22.4 Å². The molecule has 0 spiro atoms. The molecule has 2 unspecified atom stereocenters. The lowest BCUT2D eigenvalue weighted by Crippen LogP contribution is -2.23. The second-order valence-electron chi connectivity index (χ2n) is 3.89. The second kappa shape index (κ2) is 7.05. The Kier molecular flexibility index (Phi) is 6.03. The molecular weight excluding hydrogens is 242 g/mol. The number of benzene rings is 1. The van der Waals surface area contributed by atoms with Crippen molar-refractivity contribution in [1.29, 1.82) is 0 Å². The van der Waals surface area contributed by atoms with Gasteiger partial charge in [0.05, 0.1) is 0 Å². The van der Waals surface area contributed by atoms with Crippen LogP contribution in [0.4, 0.5) is 0 Å². The van der Waals surface area contributed by atoms with Crippen molar-refractivity contribution in [2.45, 2.75) is 25.1 Å². The fourth-order valence-corrected chi connectivity index (χ4v) is 2.74. The standard InChI is InChI=1S/C12H18ClNOS/c1-10(14-2)7-8-16(15)9-11-3-5-12(13)6-4-11/h3-6,10,14H,7-9H2,1-2H3. The quantitative estimate of drug-likeness (QED) is 0.851. The largest absolute Gasteiger partial charge is 0.317 e. The lowest BCUT2D eigenvalue weighted by Gasteiger charge is -2.09. The third-order valence-corrected chi connectivity index (χ3v) is 4.11.